The van der Waals surface area contributed by atoms with Crippen LogP contribution in [0.15, 0.2) is 51.5 Å². The zero-order valence-electron chi connectivity index (χ0n) is 11.5. The van der Waals surface area contributed by atoms with Gasteiger partial charge in [-0.25, -0.2) is 4.79 Å². The lowest BCUT2D eigenvalue weighted by Crippen LogP contribution is -2.01. The van der Waals surface area contributed by atoms with Gasteiger partial charge in [0.05, 0.1) is 16.2 Å². The summed E-state index contributed by atoms with van der Waals surface area (Å²) in [6.07, 6.45) is 1.52. The van der Waals surface area contributed by atoms with Crippen molar-refractivity contribution in [1.82, 2.24) is 0 Å². The van der Waals surface area contributed by atoms with Gasteiger partial charge in [0.2, 0.25) is 0 Å². The Labute approximate surface area is 124 Å². The lowest BCUT2D eigenvalue weighted by atomic mass is 10.1. The van der Waals surface area contributed by atoms with Gasteiger partial charge in [0.15, 0.2) is 0 Å². The lowest BCUT2D eigenvalue weighted by molar-refractivity contribution is -0.384. The molecule has 0 atom stereocenters. The Morgan fingerprint density at radius 2 is 2.09 bits per heavy atom. The Kier molecular flexibility index (Phi) is 3.30. The van der Waals surface area contributed by atoms with E-state index in [0.29, 0.717) is 28.4 Å². The van der Waals surface area contributed by atoms with Crippen LogP contribution in [0.3, 0.4) is 0 Å². The third-order valence-electron chi connectivity index (χ3n) is 3.13. The van der Waals surface area contributed by atoms with Gasteiger partial charge >= 0.3 is 5.97 Å². The van der Waals surface area contributed by atoms with Crippen LogP contribution < -0.4 is 0 Å². The van der Waals surface area contributed by atoms with Crippen LogP contribution in [-0.4, -0.2) is 16.6 Å². The Balaban J connectivity index is 1.93. The van der Waals surface area contributed by atoms with Gasteiger partial charge in [0.1, 0.15) is 11.5 Å². The van der Waals surface area contributed by atoms with E-state index in [9.17, 15) is 14.9 Å². The van der Waals surface area contributed by atoms with Crippen molar-refractivity contribution in [1.29, 1.82) is 0 Å². The molecule has 0 N–H and O–H groups in total. The fraction of sp³-hybridized carbons (Fsp3) is 0.0667. The molecule has 22 heavy (non-hydrogen) atoms. The highest BCUT2D eigenvalue weighted by Crippen LogP contribution is 2.27. The first-order valence-electron chi connectivity index (χ1n) is 6.37. The molecule has 0 aliphatic carbocycles. The van der Waals surface area contributed by atoms with Crippen LogP contribution in [0.25, 0.3) is 17.4 Å². The number of hydrogen-bond acceptors (Lipinski definition) is 6. The number of oxime groups is 1. The predicted molar refractivity (Wildman–Crippen MR) is 78.0 cm³/mol. The number of carbonyl (C=O) groups is 1. The molecule has 0 radical (unpaired) electrons. The molecule has 1 aromatic carbocycles. The summed E-state index contributed by atoms with van der Waals surface area (Å²) in [5.41, 5.74) is 1.35. The number of nitro groups is 1. The number of furan rings is 1. The summed E-state index contributed by atoms with van der Waals surface area (Å²) >= 11 is 0. The zero-order valence-corrected chi connectivity index (χ0v) is 11.5. The smallest absolute Gasteiger partial charge is 0.367 e. The molecule has 1 aliphatic rings. The molecule has 0 fully saturated rings. The maximum atomic E-state index is 11.5. The van der Waals surface area contributed by atoms with Crippen LogP contribution >= 0.6 is 0 Å². The number of benzene rings is 1. The molecule has 0 saturated carbocycles. The van der Waals surface area contributed by atoms with Crippen molar-refractivity contribution >= 4 is 23.4 Å². The second kappa shape index (κ2) is 5.28. The molecule has 3 rings (SSSR count). The molecule has 0 amide bonds. The van der Waals surface area contributed by atoms with E-state index in [1.807, 2.05) is 0 Å². The zero-order chi connectivity index (χ0) is 15.7. The summed E-state index contributed by atoms with van der Waals surface area (Å²) in [5, 5.41) is 14.4. The van der Waals surface area contributed by atoms with Gasteiger partial charge in [-0.1, -0.05) is 17.3 Å². The predicted octanol–water partition coefficient (Wildman–Crippen LogP) is 3.17. The van der Waals surface area contributed by atoms with Crippen LogP contribution in [0.4, 0.5) is 5.69 Å². The standard InChI is InChI=1S/C15H10N2O5/c1-9-13(15(18)22-16-9)8-12-5-6-14(21-12)10-3-2-4-11(7-10)17(19)20/h2-8H,1H3. The normalized spacial score (nSPS) is 15.8. The van der Waals surface area contributed by atoms with Gasteiger partial charge in [0.25, 0.3) is 5.69 Å². The summed E-state index contributed by atoms with van der Waals surface area (Å²) in [4.78, 5) is 26.3. The Hall–Kier alpha value is -3.22. The van der Waals surface area contributed by atoms with Gasteiger partial charge in [0, 0.05) is 17.7 Å². The van der Waals surface area contributed by atoms with E-state index in [1.54, 1.807) is 31.2 Å². The van der Waals surface area contributed by atoms with Crippen LogP contribution in [0.1, 0.15) is 12.7 Å². The highest BCUT2D eigenvalue weighted by atomic mass is 16.7. The molecule has 0 unspecified atom stereocenters. The summed E-state index contributed by atoms with van der Waals surface area (Å²) in [6.45, 7) is 1.65. The van der Waals surface area contributed by atoms with Crippen molar-refractivity contribution < 1.29 is 19.0 Å². The summed E-state index contributed by atoms with van der Waals surface area (Å²) < 4.78 is 5.60. The third kappa shape index (κ3) is 2.51. The first-order valence-corrected chi connectivity index (χ1v) is 6.37. The second-order valence-corrected chi connectivity index (χ2v) is 4.62. The summed E-state index contributed by atoms with van der Waals surface area (Å²) in [6, 6.07) is 9.47. The van der Waals surface area contributed by atoms with E-state index >= 15 is 0 Å². The number of carbonyl (C=O) groups excluding carboxylic acids is 1. The fourth-order valence-corrected chi connectivity index (χ4v) is 2.02. The van der Waals surface area contributed by atoms with Gasteiger partial charge in [-0.3, -0.25) is 10.1 Å². The van der Waals surface area contributed by atoms with Crippen molar-refractivity contribution in [2.45, 2.75) is 6.92 Å². The van der Waals surface area contributed by atoms with Crippen molar-refractivity contribution in [3.63, 3.8) is 0 Å². The highest BCUT2D eigenvalue weighted by Gasteiger charge is 2.22. The monoisotopic (exact) mass is 298 g/mol. The molecule has 0 spiro atoms. The van der Waals surface area contributed by atoms with Crippen molar-refractivity contribution in [3.8, 4) is 11.3 Å². The minimum absolute atomic E-state index is 0.0175. The minimum Gasteiger partial charge on any atom is -0.457 e. The first-order chi connectivity index (χ1) is 10.5. The van der Waals surface area contributed by atoms with E-state index in [4.69, 9.17) is 4.42 Å². The van der Waals surface area contributed by atoms with Gasteiger partial charge in [-0.2, -0.15) is 0 Å². The molecule has 1 aromatic heterocycles. The molecule has 1 aliphatic heterocycles. The van der Waals surface area contributed by atoms with Gasteiger partial charge in [-0.05, 0) is 25.1 Å². The van der Waals surface area contributed by atoms with E-state index in [2.05, 4.69) is 9.99 Å². The van der Waals surface area contributed by atoms with Crippen LogP contribution in [-0.2, 0) is 9.63 Å². The number of nitro benzene ring substituents is 1. The van der Waals surface area contributed by atoms with E-state index in [0.717, 1.165) is 0 Å². The van der Waals surface area contributed by atoms with E-state index < -0.39 is 10.9 Å². The maximum Gasteiger partial charge on any atom is 0.367 e. The van der Waals surface area contributed by atoms with Crippen molar-refractivity contribution in [3.05, 3.63) is 57.8 Å². The van der Waals surface area contributed by atoms with Crippen LogP contribution in [0, 0.1) is 10.1 Å². The molecule has 0 bridgehead atoms. The Morgan fingerprint density at radius 1 is 1.27 bits per heavy atom. The number of non-ortho nitro benzene ring substituents is 1. The van der Waals surface area contributed by atoms with E-state index in [-0.39, 0.29) is 5.69 Å². The van der Waals surface area contributed by atoms with E-state index in [1.165, 1.54) is 18.2 Å². The largest absolute Gasteiger partial charge is 0.457 e. The SMILES string of the molecule is CC1=NOC(=O)C1=Cc1ccc(-c2cccc([N+](=O)[O-])c2)o1. The molecule has 2 heterocycles. The molecule has 110 valence electrons. The molecule has 0 saturated heterocycles. The topological polar surface area (TPSA) is 94.9 Å². The number of nitrogens with zero attached hydrogens (tertiary/aromatic N) is 2. The maximum absolute atomic E-state index is 11.5. The summed E-state index contributed by atoms with van der Waals surface area (Å²) in [7, 11) is 0. The average molecular weight is 298 g/mol. The quantitative estimate of drug-likeness (QED) is 0.375. The highest BCUT2D eigenvalue weighted by molar-refractivity contribution is 6.24. The Bertz CT molecular complexity index is 832. The van der Waals surface area contributed by atoms with Gasteiger partial charge < -0.3 is 9.25 Å². The van der Waals surface area contributed by atoms with Crippen LogP contribution in [0.5, 0.6) is 0 Å². The molecule has 7 nitrogen and oxygen atoms in total. The molecular weight excluding hydrogens is 288 g/mol. The fourth-order valence-electron chi connectivity index (χ4n) is 2.02. The third-order valence-corrected chi connectivity index (χ3v) is 3.13. The minimum atomic E-state index is -0.536. The van der Waals surface area contributed by atoms with Crippen molar-refractivity contribution in [2.24, 2.45) is 5.16 Å². The lowest BCUT2D eigenvalue weighted by Gasteiger charge is -1.97. The van der Waals surface area contributed by atoms with Crippen molar-refractivity contribution in [2.75, 3.05) is 0 Å². The van der Waals surface area contributed by atoms with Gasteiger partial charge in [-0.15, -0.1) is 0 Å². The number of rotatable bonds is 3. The first kappa shape index (κ1) is 13.7. The summed E-state index contributed by atoms with van der Waals surface area (Å²) in [5.74, 6) is 0.368. The average Bonchev–Trinajstić information content (AvgIpc) is 3.10. The number of hydrogen-bond donors (Lipinski definition) is 0. The Morgan fingerprint density at radius 3 is 2.77 bits per heavy atom. The van der Waals surface area contributed by atoms with Crippen LogP contribution in [0.2, 0.25) is 0 Å². The molecule has 7 heteroatoms. The molecular formula is C15H10N2O5. The second-order valence-electron chi connectivity index (χ2n) is 4.62. The molecule has 2 aromatic rings.